The zero-order valence-electron chi connectivity index (χ0n) is 13.4. The summed E-state index contributed by atoms with van der Waals surface area (Å²) in [6.07, 6.45) is 7.40. The highest BCUT2D eigenvalue weighted by atomic mass is 15.2. The van der Waals surface area contributed by atoms with E-state index in [0.29, 0.717) is 11.7 Å². The molecule has 3 heterocycles. The van der Waals surface area contributed by atoms with Gasteiger partial charge in [0.1, 0.15) is 5.82 Å². The Balaban J connectivity index is 1.48. The van der Waals surface area contributed by atoms with Crippen LogP contribution in [0.15, 0.2) is 48.9 Å². The van der Waals surface area contributed by atoms with E-state index in [4.69, 9.17) is 0 Å². The van der Waals surface area contributed by atoms with E-state index in [1.807, 2.05) is 6.07 Å². The van der Waals surface area contributed by atoms with Crippen molar-refractivity contribution in [2.24, 2.45) is 0 Å². The molecule has 6 nitrogen and oxygen atoms in total. The minimum Gasteiger partial charge on any atom is -0.322 e. The Morgan fingerprint density at radius 2 is 1.83 bits per heavy atom. The van der Waals surface area contributed by atoms with Crippen molar-refractivity contribution in [3.05, 3.63) is 54.5 Å². The number of H-pyrrole nitrogens is 1. The van der Waals surface area contributed by atoms with Crippen LogP contribution in [0.25, 0.3) is 11.3 Å². The molecule has 3 N–H and O–H groups in total. The molecule has 0 amide bonds. The third-order valence-electron chi connectivity index (χ3n) is 4.43. The zero-order valence-corrected chi connectivity index (χ0v) is 13.4. The number of hydrogen-bond acceptors (Lipinski definition) is 5. The van der Waals surface area contributed by atoms with Gasteiger partial charge in [-0.2, -0.15) is 5.10 Å². The third kappa shape index (κ3) is 3.28. The maximum Gasteiger partial charge on any atom is 0.153 e. The first-order valence-electron chi connectivity index (χ1n) is 8.28. The summed E-state index contributed by atoms with van der Waals surface area (Å²) in [5.74, 6) is 2.08. The molecule has 0 spiro atoms. The number of aromatic nitrogens is 4. The Morgan fingerprint density at radius 1 is 1.00 bits per heavy atom. The van der Waals surface area contributed by atoms with Crippen LogP contribution in [-0.2, 0) is 0 Å². The molecule has 122 valence electrons. The van der Waals surface area contributed by atoms with Crippen molar-refractivity contribution in [3.8, 4) is 11.3 Å². The summed E-state index contributed by atoms with van der Waals surface area (Å²) in [6, 6.07) is 10.8. The quantitative estimate of drug-likeness (QED) is 0.688. The number of aromatic amines is 1. The van der Waals surface area contributed by atoms with Crippen LogP contribution in [0.2, 0.25) is 0 Å². The van der Waals surface area contributed by atoms with E-state index in [2.05, 4.69) is 55.1 Å². The van der Waals surface area contributed by atoms with Crippen LogP contribution in [0.1, 0.15) is 24.3 Å². The summed E-state index contributed by atoms with van der Waals surface area (Å²) in [5, 5.41) is 13.9. The molecule has 0 radical (unpaired) electrons. The van der Waals surface area contributed by atoms with Gasteiger partial charge in [0.15, 0.2) is 5.82 Å². The highest BCUT2D eigenvalue weighted by Crippen LogP contribution is 2.28. The van der Waals surface area contributed by atoms with Gasteiger partial charge in [-0.25, -0.2) is 4.98 Å². The second kappa shape index (κ2) is 6.80. The van der Waals surface area contributed by atoms with Crippen molar-refractivity contribution in [1.82, 2.24) is 25.5 Å². The van der Waals surface area contributed by atoms with Crippen molar-refractivity contribution in [3.63, 3.8) is 0 Å². The first kappa shape index (κ1) is 14.8. The van der Waals surface area contributed by atoms with Crippen molar-refractivity contribution in [2.45, 2.75) is 18.8 Å². The molecule has 2 aromatic heterocycles. The number of anilines is 2. The maximum atomic E-state index is 4.29. The van der Waals surface area contributed by atoms with E-state index in [9.17, 15) is 0 Å². The topological polar surface area (TPSA) is 78.5 Å². The first-order chi connectivity index (χ1) is 11.9. The molecular weight excluding hydrogens is 300 g/mol. The van der Waals surface area contributed by atoms with Gasteiger partial charge in [-0.15, -0.1) is 0 Å². The molecule has 1 saturated heterocycles. The first-order valence-corrected chi connectivity index (χ1v) is 8.28. The molecule has 6 heteroatoms. The number of hydrogen-bond donors (Lipinski definition) is 3. The van der Waals surface area contributed by atoms with Crippen molar-refractivity contribution >= 4 is 11.6 Å². The van der Waals surface area contributed by atoms with Crippen LogP contribution < -0.4 is 10.6 Å². The van der Waals surface area contributed by atoms with Gasteiger partial charge in [-0.05, 0) is 43.0 Å². The van der Waals surface area contributed by atoms with Gasteiger partial charge in [0.25, 0.3) is 0 Å². The lowest BCUT2D eigenvalue weighted by Crippen LogP contribution is -2.26. The van der Waals surface area contributed by atoms with Crippen LogP contribution in [0.4, 0.5) is 11.6 Å². The summed E-state index contributed by atoms with van der Waals surface area (Å²) in [7, 11) is 0. The molecule has 1 aromatic carbocycles. The fraction of sp³-hybridized carbons (Fsp3) is 0.278. The predicted molar refractivity (Wildman–Crippen MR) is 94.2 cm³/mol. The molecule has 0 aliphatic carbocycles. The van der Waals surface area contributed by atoms with Gasteiger partial charge in [0, 0.05) is 18.5 Å². The second-order valence-corrected chi connectivity index (χ2v) is 6.03. The maximum absolute atomic E-state index is 4.29. The van der Waals surface area contributed by atoms with Crippen LogP contribution >= 0.6 is 0 Å². The summed E-state index contributed by atoms with van der Waals surface area (Å²) in [5.41, 5.74) is 3.54. The number of rotatable bonds is 4. The number of benzene rings is 1. The average Bonchev–Trinajstić information content (AvgIpc) is 3.12. The lowest BCUT2D eigenvalue weighted by Gasteiger charge is -2.23. The minimum atomic E-state index is 0.677. The summed E-state index contributed by atoms with van der Waals surface area (Å²) >= 11 is 0. The summed E-state index contributed by atoms with van der Waals surface area (Å²) in [4.78, 5) is 8.22. The van der Waals surface area contributed by atoms with Crippen LogP contribution in [0.3, 0.4) is 0 Å². The molecule has 3 aromatic rings. The summed E-state index contributed by atoms with van der Waals surface area (Å²) in [6.45, 7) is 2.23. The van der Waals surface area contributed by atoms with E-state index in [0.717, 1.165) is 30.2 Å². The second-order valence-electron chi connectivity index (χ2n) is 6.03. The largest absolute Gasteiger partial charge is 0.322 e. The van der Waals surface area contributed by atoms with Crippen molar-refractivity contribution < 1.29 is 0 Å². The van der Waals surface area contributed by atoms with Gasteiger partial charge in [-0.3, -0.25) is 10.1 Å². The summed E-state index contributed by atoms with van der Waals surface area (Å²) < 4.78 is 0. The number of nitrogens with zero attached hydrogens (tertiary/aromatic N) is 3. The van der Waals surface area contributed by atoms with Gasteiger partial charge in [0.05, 0.1) is 11.9 Å². The van der Waals surface area contributed by atoms with E-state index < -0.39 is 0 Å². The highest BCUT2D eigenvalue weighted by Gasteiger charge is 2.15. The van der Waals surface area contributed by atoms with Gasteiger partial charge >= 0.3 is 0 Å². The Labute approximate surface area is 140 Å². The molecule has 0 saturated carbocycles. The Hall–Kier alpha value is -2.73. The molecule has 4 rings (SSSR count). The number of piperidine rings is 1. The van der Waals surface area contributed by atoms with Gasteiger partial charge in [0.2, 0.25) is 0 Å². The molecule has 0 unspecified atom stereocenters. The SMILES string of the molecule is c1cnc(Nc2cc(-c3ccc(C4CCNCC4)cc3)[nH]n2)cn1. The Morgan fingerprint density at radius 3 is 2.58 bits per heavy atom. The zero-order chi connectivity index (χ0) is 16.2. The Kier molecular flexibility index (Phi) is 4.20. The normalized spacial score (nSPS) is 15.3. The van der Waals surface area contributed by atoms with Crippen LogP contribution in [-0.4, -0.2) is 33.3 Å². The average molecular weight is 320 g/mol. The van der Waals surface area contributed by atoms with E-state index in [1.165, 1.54) is 18.4 Å². The van der Waals surface area contributed by atoms with E-state index in [-0.39, 0.29) is 0 Å². The highest BCUT2D eigenvalue weighted by molar-refractivity contribution is 5.65. The molecule has 1 fully saturated rings. The monoisotopic (exact) mass is 320 g/mol. The standard InChI is InChI=1S/C18H20N6/c1-3-15(4-2-13(1)14-5-7-19-8-6-14)16-11-17(24-23-16)22-18-12-20-9-10-21-18/h1-4,9-12,14,19H,5-8H2,(H2,21,22,23,24). The molecule has 0 bridgehead atoms. The molecule has 24 heavy (non-hydrogen) atoms. The van der Waals surface area contributed by atoms with Crippen LogP contribution in [0, 0.1) is 0 Å². The molecule has 0 atom stereocenters. The van der Waals surface area contributed by atoms with E-state index in [1.54, 1.807) is 18.6 Å². The third-order valence-corrected chi connectivity index (χ3v) is 4.43. The van der Waals surface area contributed by atoms with Crippen molar-refractivity contribution in [2.75, 3.05) is 18.4 Å². The fourth-order valence-corrected chi connectivity index (χ4v) is 3.12. The van der Waals surface area contributed by atoms with Crippen LogP contribution in [0.5, 0.6) is 0 Å². The minimum absolute atomic E-state index is 0.677. The van der Waals surface area contributed by atoms with E-state index >= 15 is 0 Å². The predicted octanol–water partition coefficient (Wildman–Crippen LogP) is 3.08. The van der Waals surface area contributed by atoms with Crippen molar-refractivity contribution in [1.29, 1.82) is 0 Å². The molecule has 1 aliphatic heterocycles. The molecular formula is C18H20N6. The number of nitrogens with one attached hydrogen (secondary N) is 3. The molecule has 1 aliphatic rings. The lowest BCUT2D eigenvalue weighted by molar-refractivity contribution is 0.460. The van der Waals surface area contributed by atoms with Gasteiger partial charge < -0.3 is 10.6 Å². The van der Waals surface area contributed by atoms with Gasteiger partial charge in [-0.1, -0.05) is 24.3 Å². The smallest absolute Gasteiger partial charge is 0.153 e. The lowest BCUT2D eigenvalue weighted by atomic mass is 9.89. The fourth-order valence-electron chi connectivity index (χ4n) is 3.12. The Bertz CT molecular complexity index is 775.